The number of aliphatic hydroxyl groups is 2. The molecule has 2 aliphatic rings. The monoisotopic (exact) mass is 605 g/mol. The maximum Gasteiger partial charge on any atom is 0.269 e. The minimum atomic E-state index is -2.02. The summed E-state index contributed by atoms with van der Waals surface area (Å²) in [6.45, 7) is 2.38. The Labute approximate surface area is 222 Å². The molecule has 0 aromatic heterocycles. The third kappa shape index (κ3) is 4.89. The van der Waals surface area contributed by atoms with Gasteiger partial charge < -0.3 is 20.0 Å². The maximum atomic E-state index is 13.6. The molecular weight excluding hydrogens is 577 g/mol. The lowest BCUT2D eigenvalue weighted by Gasteiger charge is -2.28. The number of rotatable bonds is 8. The van der Waals surface area contributed by atoms with E-state index in [0.29, 0.717) is 12.2 Å². The molecule has 0 saturated carbocycles. The molecule has 0 unspecified atom stereocenters. The van der Waals surface area contributed by atoms with Crippen molar-refractivity contribution in [1.82, 2.24) is 4.90 Å². The molecule has 1 saturated heterocycles. The number of benzene rings is 2. The molecule has 2 aromatic rings. The second-order valence-corrected chi connectivity index (χ2v) is 10.5. The third-order valence-electron chi connectivity index (χ3n) is 7.00. The molecular formula is C26H28IN3O6. The minimum absolute atomic E-state index is 0.0687. The highest BCUT2D eigenvalue weighted by atomic mass is 127. The van der Waals surface area contributed by atoms with Gasteiger partial charge in [-0.2, -0.15) is 0 Å². The fourth-order valence-electron chi connectivity index (χ4n) is 4.96. The summed E-state index contributed by atoms with van der Waals surface area (Å²) in [5.41, 5.74) is -0.783. The molecule has 9 nitrogen and oxygen atoms in total. The molecule has 36 heavy (non-hydrogen) atoms. The van der Waals surface area contributed by atoms with E-state index in [1.165, 1.54) is 23.1 Å². The maximum absolute atomic E-state index is 13.6. The zero-order chi connectivity index (χ0) is 26.0. The molecule has 0 spiro atoms. The van der Waals surface area contributed by atoms with Gasteiger partial charge in [-0.1, -0.05) is 31.2 Å². The molecule has 0 radical (unpaired) electrons. The van der Waals surface area contributed by atoms with Gasteiger partial charge in [0.2, 0.25) is 5.91 Å². The van der Waals surface area contributed by atoms with Crippen molar-refractivity contribution in [1.29, 1.82) is 0 Å². The number of hydrogen-bond donors (Lipinski definition) is 2. The van der Waals surface area contributed by atoms with Gasteiger partial charge in [0, 0.05) is 40.1 Å². The third-order valence-corrected chi connectivity index (χ3v) is 7.72. The van der Waals surface area contributed by atoms with E-state index in [-0.39, 0.29) is 42.8 Å². The summed E-state index contributed by atoms with van der Waals surface area (Å²) >= 11 is 2.19. The number of nitrogens with zero attached hydrogens (tertiary/aromatic N) is 3. The summed E-state index contributed by atoms with van der Waals surface area (Å²) in [5.74, 6) is -1.46. The molecule has 2 heterocycles. The molecule has 2 N–H and O–H groups in total. The lowest BCUT2D eigenvalue weighted by Crippen LogP contribution is -2.44. The number of amides is 2. The number of carbonyl (C=O) groups excluding carboxylic acids is 2. The number of aliphatic hydroxyl groups excluding tert-OH is 1. The summed E-state index contributed by atoms with van der Waals surface area (Å²) in [6, 6.07) is 11.5. The lowest BCUT2D eigenvalue weighted by molar-refractivity contribution is -0.385. The van der Waals surface area contributed by atoms with Crippen LogP contribution in [0.5, 0.6) is 0 Å². The largest absolute Gasteiger partial charge is 0.394 e. The number of non-ortho nitro benzene ring substituents is 1. The van der Waals surface area contributed by atoms with E-state index in [1.54, 1.807) is 24.0 Å². The molecule has 2 aliphatic heterocycles. The number of hydrogen-bond acceptors (Lipinski definition) is 6. The Bertz CT molecular complexity index is 1200. The van der Waals surface area contributed by atoms with Gasteiger partial charge in [-0.05, 0) is 59.2 Å². The average Bonchev–Trinajstić information content (AvgIpc) is 3.43. The Hall–Kier alpha value is -2.83. The fraction of sp³-hybridized carbons (Fsp3) is 0.385. The van der Waals surface area contributed by atoms with Crippen LogP contribution in [0.25, 0.3) is 0 Å². The van der Waals surface area contributed by atoms with E-state index < -0.39 is 22.3 Å². The second kappa shape index (κ2) is 10.7. The van der Waals surface area contributed by atoms with E-state index in [2.05, 4.69) is 22.6 Å². The van der Waals surface area contributed by atoms with Gasteiger partial charge in [0.1, 0.15) is 0 Å². The van der Waals surface area contributed by atoms with Gasteiger partial charge in [-0.3, -0.25) is 19.7 Å². The van der Waals surface area contributed by atoms with E-state index in [4.69, 9.17) is 0 Å². The van der Waals surface area contributed by atoms with Gasteiger partial charge in [0.15, 0.2) is 5.60 Å². The van der Waals surface area contributed by atoms with Crippen LogP contribution in [0.15, 0.2) is 54.6 Å². The highest BCUT2D eigenvalue weighted by molar-refractivity contribution is 14.1. The molecule has 2 amide bonds. The van der Waals surface area contributed by atoms with Crippen LogP contribution < -0.4 is 4.90 Å². The van der Waals surface area contributed by atoms with Gasteiger partial charge in [-0.15, -0.1) is 0 Å². The predicted molar refractivity (Wildman–Crippen MR) is 142 cm³/mol. The van der Waals surface area contributed by atoms with Crippen LogP contribution in [0, 0.1) is 19.6 Å². The molecule has 0 bridgehead atoms. The highest BCUT2D eigenvalue weighted by Crippen LogP contribution is 2.47. The normalized spacial score (nSPS) is 22.3. The number of fused-ring (bicyclic) bond motifs is 1. The molecule has 10 heteroatoms. The summed E-state index contributed by atoms with van der Waals surface area (Å²) in [5, 5.41) is 32.7. The first-order valence-corrected chi connectivity index (χ1v) is 12.9. The standard InChI is InChI=1S/C26H28IN3O6/c1-17(4-2-6-24(32)28-13-3-5-21(28)16-31)26(34)22-14-20(30(35)36)11-12-23(22)29(25(26)33)15-18-7-9-19(27)10-8-18/h2,4,7-12,14,17,21,31,34H,3,5-6,13,15-16H2,1H3/b4-2+/t17-,21+,26+/m1/s1. The van der Waals surface area contributed by atoms with Crippen LogP contribution in [0.1, 0.15) is 37.3 Å². The Kier molecular flexibility index (Phi) is 7.76. The Morgan fingerprint density at radius 2 is 2.03 bits per heavy atom. The first kappa shape index (κ1) is 26.2. The topological polar surface area (TPSA) is 124 Å². The first-order chi connectivity index (χ1) is 17.2. The predicted octanol–water partition coefficient (Wildman–Crippen LogP) is 3.50. The van der Waals surface area contributed by atoms with Gasteiger partial charge in [0.05, 0.1) is 29.8 Å². The van der Waals surface area contributed by atoms with E-state index in [0.717, 1.165) is 22.0 Å². The Morgan fingerprint density at radius 3 is 2.69 bits per heavy atom. The SMILES string of the molecule is C[C@H](/C=C/CC(=O)N1CCC[C@H]1CO)[C@@]1(O)C(=O)N(Cc2ccc(I)cc2)c2ccc([N+](=O)[O-])cc21. The fourth-order valence-corrected chi connectivity index (χ4v) is 5.32. The van der Waals surface area contributed by atoms with Crippen LogP contribution >= 0.6 is 22.6 Å². The number of nitro groups is 1. The van der Waals surface area contributed by atoms with Crippen LogP contribution in [-0.2, 0) is 21.7 Å². The smallest absolute Gasteiger partial charge is 0.269 e. The van der Waals surface area contributed by atoms with Crippen molar-refractivity contribution in [3.63, 3.8) is 0 Å². The van der Waals surface area contributed by atoms with E-state index >= 15 is 0 Å². The van der Waals surface area contributed by atoms with Crippen molar-refractivity contribution in [2.45, 2.75) is 44.4 Å². The van der Waals surface area contributed by atoms with Crippen LogP contribution in [0.3, 0.4) is 0 Å². The van der Waals surface area contributed by atoms with Gasteiger partial charge >= 0.3 is 0 Å². The molecule has 2 aromatic carbocycles. The molecule has 190 valence electrons. The van der Waals surface area contributed by atoms with Gasteiger partial charge in [0.25, 0.3) is 11.6 Å². The van der Waals surface area contributed by atoms with E-state index in [9.17, 15) is 29.9 Å². The average molecular weight is 605 g/mol. The van der Waals surface area contributed by atoms with Crippen LogP contribution in [-0.4, -0.2) is 51.0 Å². The van der Waals surface area contributed by atoms with Crippen LogP contribution in [0.4, 0.5) is 11.4 Å². The summed E-state index contributed by atoms with van der Waals surface area (Å²) in [6.07, 6.45) is 4.90. The number of nitro benzene ring substituents is 1. The van der Waals surface area contributed by atoms with Crippen molar-refractivity contribution >= 4 is 45.8 Å². The molecule has 1 fully saturated rings. The van der Waals surface area contributed by atoms with Crippen molar-refractivity contribution in [3.05, 3.63) is 79.4 Å². The number of carbonyl (C=O) groups is 2. The quantitative estimate of drug-likeness (QED) is 0.206. The van der Waals surface area contributed by atoms with Crippen molar-refractivity contribution in [3.8, 4) is 0 Å². The number of anilines is 1. The second-order valence-electron chi connectivity index (χ2n) is 9.23. The Morgan fingerprint density at radius 1 is 1.31 bits per heavy atom. The zero-order valence-electron chi connectivity index (χ0n) is 19.8. The summed E-state index contributed by atoms with van der Waals surface area (Å²) in [7, 11) is 0. The van der Waals surface area contributed by atoms with Crippen LogP contribution in [0.2, 0.25) is 0 Å². The highest BCUT2D eigenvalue weighted by Gasteiger charge is 2.53. The Balaban J connectivity index is 1.61. The zero-order valence-corrected chi connectivity index (χ0v) is 22.0. The van der Waals surface area contributed by atoms with Gasteiger partial charge in [-0.25, -0.2) is 0 Å². The van der Waals surface area contributed by atoms with Crippen molar-refractivity contribution < 1.29 is 24.7 Å². The van der Waals surface area contributed by atoms with E-state index in [1.807, 2.05) is 24.3 Å². The minimum Gasteiger partial charge on any atom is -0.394 e. The number of halogens is 1. The summed E-state index contributed by atoms with van der Waals surface area (Å²) < 4.78 is 1.05. The van der Waals surface area contributed by atoms with Crippen molar-refractivity contribution in [2.24, 2.45) is 5.92 Å². The summed E-state index contributed by atoms with van der Waals surface area (Å²) in [4.78, 5) is 40.2. The van der Waals surface area contributed by atoms with Crippen molar-refractivity contribution in [2.75, 3.05) is 18.1 Å². The molecule has 0 aliphatic carbocycles. The molecule has 4 rings (SSSR count). The lowest BCUT2D eigenvalue weighted by atomic mass is 9.82. The molecule has 3 atom stereocenters. The first-order valence-electron chi connectivity index (χ1n) is 11.8. The number of likely N-dealkylation sites (tertiary alicyclic amines) is 1.